The third-order valence-corrected chi connectivity index (χ3v) is 3.94. The molecule has 0 amide bonds. The molecule has 0 saturated carbocycles. The molecule has 0 aromatic carbocycles. The minimum Gasteiger partial charge on any atom is -0.388 e. The van der Waals surface area contributed by atoms with Gasteiger partial charge in [0.15, 0.2) is 0 Å². The van der Waals surface area contributed by atoms with E-state index in [0.717, 1.165) is 31.4 Å². The van der Waals surface area contributed by atoms with E-state index in [1.807, 2.05) is 11.7 Å². The van der Waals surface area contributed by atoms with Gasteiger partial charge in [-0.2, -0.15) is 0 Å². The highest BCUT2D eigenvalue weighted by Gasteiger charge is 2.21. The molecule has 2 aromatic heterocycles. The van der Waals surface area contributed by atoms with Crippen molar-refractivity contribution in [1.29, 1.82) is 0 Å². The van der Waals surface area contributed by atoms with Gasteiger partial charge in [-0.25, -0.2) is 0 Å². The first kappa shape index (κ1) is 10.1. The molecule has 0 spiro atoms. The van der Waals surface area contributed by atoms with Crippen LogP contribution in [-0.4, -0.2) is 14.7 Å². The number of hydrogen-bond donors (Lipinski definition) is 1. The van der Waals surface area contributed by atoms with Crippen molar-refractivity contribution < 1.29 is 5.11 Å². The third-order valence-electron chi connectivity index (χ3n) is 3.17. The van der Waals surface area contributed by atoms with Crippen LogP contribution in [0.15, 0.2) is 24.0 Å². The summed E-state index contributed by atoms with van der Waals surface area (Å²) in [7, 11) is 0. The smallest absolute Gasteiger partial charge is 0.0807 e. The second-order valence-corrected chi connectivity index (χ2v) is 5.19. The summed E-state index contributed by atoms with van der Waals surface area (Å²) in [6, 6.07) is 2.06. The number of fused-ring (bicyclic) bond motifs is 1. The zero-order valence-corrected chi connectivity index (χ0v) is 9.78. The Morgan fingerprint density at radius 3 is 3.31 bits per heavy atom. The zero-order valence-electron chi connectivity index (χ0n) is 8.97. The van der Waals surface area contributed by atoms with Crippen LogP contribution in [-0.2, 0) is 13.0 Å². The van der Waals surface area contributed by atoms with E-state index in [9.17, 15) is 5.11 Å². The Labute approximate surface area is 98.4 Å². The highest BCUT2D eigenvalue weighted by atomic mass is 32.1. The molecule has 1 aliphatic carbocycles. The molecule has 4 heteroatoms. The van der Waals surface area contributed by atoms with Gasteiger partial charge in [0, 0.05) is 28.5 Å². The van der Waals surface area contributed by atoms with Crippen LogP contribution in [0.4, 0.5) is 0 Å². The number of nitrogens with zero attached hydrogens (tertiary/aromatic N) is 2. The first-order chi connectivity index (χ1) is 7.84. The van der Waals surface area contributed by atoms with Crippen molar-refractivity contribution in [3.05, 3.63) is 40.1 Å². The molecule has 0 saturated heterocycles. The van der Waals surface area contributed by atoms with Gasteiger partial charge < -0.3 is 9.67 Å². The van der Waals surface area contributed by atoms with Gasteiger partial charge in [-0.15, -0.1) is 11.3 Å². The molecule has 1 unspecified atom stereocenters. The molecule has 84 valence electrons. The van der Waals surface area contributed by atoms with E-state index in [2.05, 4.69) is 21.8 Å². The lowest BCUT2D eigenvalue weighted by Gasteiger charge is -2.19. The second kappa shape index (κ2) is 4.03. The van der Waals surface area contributed by atoms with Crippen LogP contribution in [0, 0.1) is 0 Å². The van der Waals surface area contributed by atoms with Crippen LogP contribution in [0.3, 0.4) is 0 Å². The lowest BCUT2D eigenvalue weighted by atomic mass is 9.95. The molecule has 1 aliphatic rings. The summed E-state index contributed by atoms with van der Waals surface area (Å²) in [6.45, 7) is 0.882. The summed E-state index contributed by atoms with van der Waals surface area (Å²) in [5, 5.41) is 9.88. The van der Waals surface area contributed by atoms with Crippen LogP contribution in [0.2, 0.25) is 0 Å². The zero-order chi connectivity index (χ0) is 11.0. The van der Waals surface area contributed by atoms with Crippen molar-refractivity contribution in [3.63, 3.8) is 0 Å². The van der Waals surface area contributed by atoms with Gasteiger partial charge in [0.05, 0.1) is 18.2 Å². The predicted octanol–water partition coefficient (Wildman–Crippen LogP) is 2.36. The van der Waals surface area contributed by atoms with Gasteiger partial charge in [0.25, 0.3) is 0 Å². The van der Waals surface area contributed by atoms with Crippen molar-refractivity contribution in [2.45, 2.75) is 31.9 Å². The van der Waals surface area contributed by atoms with Gasteiger partial charge >= 0.3 is 0 Å². The van der Waals surface area contributed by atoms with Crippen molar-refractivity contribution in [3.8, 4) is 0 Å². The number of thiazole rings is 1. The van der Waals surface area contributed by atoms with E-state index >= 15 is 0 Å². The second-order valence-electron chi connectivity index (χ2n) is 4.22. The normalized spacial score (nSPS) is 19.7. The number of aromatic nitrogens is 2. The summed E-state index contributed by atoms with van der Waals surface area (Å²) in [5.41, 5.74) is 4.28. The lowest BCUT2D eigenvalue weighted by Crippen LogP contribution is -2.12. The highest BCUT2D eigenvalue weighted by molar-refractivity contribution is 7.09. The Balaban J connectivity index is 1.91. The van der Waals surface area contributed by atoms with E-state index in [0.29, 0.717) is 0 Å². The van der Waals surface area contributed by atoms with E-state index < -0.39 is 0 Å². The maximum absolute atomic E-state index is 9.88. The van der Waals surface area contributed by atoms with Crippen molar-refractivity contribution in [2.75, 3.05) is 0 Å². The van der Waals surface area contributed by atoms with Crippen LogP contribution >= 0.6 is 11.3 Å². The summed E-state index contributed by atoms with van der Waals surface area (Å²) >= 11 is 1.68. The lowest BCUT2D eigenvalue weighted by molar-refractivity contribution is 0.156. The van der Waals surface area contributed by atoms with E-state index in [1.54, 1.807) is 11.3 Å². The van der Waals surface area contributed by atoms with Crippen LogP contribution < -0.4 is 0 Å². The molecule has 2 aromatic rings. The maximum Gasteiger partial charge on any atom is 0.0807 e. The largest absolute Gasteiger partial charge is 0.388 e. The fraction of sp³-hybridized carbons (Fsp3) is 0.417. The average molecular weight is 234 g/mol. The summed E-state index contributed by atoms with van der Waals surface area (Å²) in [6.07, 6.45) is 6.80. The molecule has 3 nitrogen and oxygen atoms in total. The molecule has 0 radical (unpaired) electrons. The molecular formula is C12H14N2OS. The maximum atomic E-state index is 9.88. The molecule has 3 rings (SSSR count). The standard InChI is InChI=1S/C12H14N2OS/c15-12-3-1-2-11-10(12)4-5-14(11)7-9-6-13-8-16-9/h4-6,8,12,15H,1-3,7H2. The minimum atomic E-state index is -0.258. The predicted molar refractivity (Wildman–Crippen MR) is 63.5 cm³/mol. The van der Waals surface area contributed by atoms with Gasteiger partial charge in [0.2, 0.25) is 0 Å². The average Bonchev–Trinajstić information content (AvgIpc) is 2.90. The third kappa shape index (κ3) is 1.68. The fourth-order valence-electron chi connectivity index (χ4n) is 2.37. The summed E-state index contributed by atoms with van der Waals surface area (Å²) < 4.78 is 2.24. The van der Waals surface area contributed by atoms with E-state index in [4.69, 9.17) is 0 Å². The molecule has 2 heterocycles. The van der Waals surface area contributed by atoms with E-state index in [1.165, 1.54) is 10.6 Å². The Hall–Kier alpha value is -1.13. The summed E-state index contributed by atoms with van der Waals surface area (Å²) in [5.74, 6) is 0. The molecular weight excluding hydrogens is 220 g/mol. The van der Waals surface area contributed by atoms with Gasteiger partial charge in [0.1, 0.15) is 0 Å². The topological polar surface area (TPSA) is 38.0 Å². The van der Waals surface area contributed by atoms with Crippen molar-refractivity contribution >= 4 is 11.3 Å². The Morgan fingerprint density at radius 2 is 2.50 bits per heavy atom. The fourth-order valence-corrected chi connectivity index (χ4v) is 2.96. The molecule has 1 N–H and O–H groups in total. The molecule has 0 bridgehead atoms. The van der Waals surface area contributed by atoms with Gasteiger partial charge in [-0.1, -0.05) is 0 Å². The van der Waals surface area contributed by atoms with Crippen LogP contribution in [0.25, 0.3) is 0 Å². The number of rotatable bonds is 2. The molecule has 0 aliphatic heterocycles. The highest BCUT2D eigenvalue weighted by Crippen LogP contribution is 2.30. The van der Waals surface area contributed by atoms with Crippen LogP contribution in [0.5, 0.6) is 0 Å². The first-order valence-electron chi connectivity index (χ1n) is 5.58. The van der Waals surface area contributed by atoms with Gasteiger partial charge in [-0.3, -0.25) is 4.98 Å². The quantitative estimate of drug-likeness (QED) is 0.866. The number of aliphatic hydroxyl groups excluding tert-OH is 1. The Bertz CT molecular complexity index is 475. The molecule has 0 fully saturated rings. The summed E-state index contributed by atoms with van der Waals surface area (Å²) in [4.78, 5) is 5.35. The van der Waals surface area contributed by atoms with Crippen molar-refractivity contribution in [2.24, 2.45) is 0 Å². The molecule has 1 atom stereocenters. The molecule has 16 heavy (non-hydrogen) atoms. The SMILES string of the molecule is OC1CCCc2c1ccn2Cc1cncs1. The monoisotopic (exact) mass is 234 g/mol. The van der Waals surface area contributed by atoms with Crippen molar-refractivity contribution in [1.82, 2.24) is 9.55 Å². The van der Waals surface area contributed by atoms with E-state index in [-0.39, 0.29) is 6.10 Å². The minimum absolute atomic E-state index is 0.258. The van der Waals surface area contributed by atoms with Gasteiger partial charge in [-0.05, 0) is 25.3 Å². The van der Waals surface area contributed by atoms with Crippen LogP contribution in [0.1, 0.15) is 35.1 Å². The first-order valence-corrected chi connectivity index (χ1v) is 6.46. The number of hydrogen-bond acceptors (Lipinski definition) is 3. The Morgan fingerprint density at radius 1 is 1.56 bits per heavy atom. The Kier molecular flexibility index (Phi) is 2.53. The number of aliphatic hydroxyl groups is 1.